The van der Waals surface area contributed by atoms with E-state index in [4.69, 9.17) is 5.11 Å². The standard InChI is InChI=1S/C14H15NO2S/c1-9(2)7-10-3-5-11(6-4-10)13-15-12(8-18-13)14(16)17/h3-6,8-9H,7H2,1-2H3,(H,16,17). The van der Waals surface area contributed by atoms with Crippen LogP contribution in [-0.2, 0) is 6.42 Å². The van der Waals surface area contributed by atoms with Gasteiger partial charge in [-0.15, -0.1) is 11.3 Å². The number of carboxylic acids is 1. The minimum Gasteiger partial charge on any atom is -0.476 e. The van der Waals surface area contributed by atoms with Crippen LogP contribution < -0.4 is 0 Å². The van der Waals surface area contributed by atoms with Crippen molar-refractivity contribution in [2.45, 2.75) is 20.3 Å². The number of aromatic nitrogens is 1. The lowest BCUT2D eigenvalue weighted by molar-refractivity contribution is 0.0691. The van der Waals surface area contributed by atoms with Gasteiger partial charge in [0.05, 0.1) is 0 Å². The molecule has 0 atom stereocenters. The van der Waals surface area contributed by atoms with E-state index < -0.39 is 5.97 Å². The van der Waals surface area contributed by atoms with Gasteiger partial charge in [0.25, 0.3) is 0 Å². The van der Waals surface area contributed by atoms with Gasteiger partial charge < -0.3 is 5.11 Å². The molecule has 0 fully saturated rings. The molecule has 1 N–H and O–H groups in total. The fraction of sp³-hybridized carbons (Fsp3) is 0.286. The van der Waals surface area contributed by atoms with Gasteiger partial charge >= 0.3 is 5.97 Å². The molecule has 18 heavy (non-hydrogen) atoms. The van der Waals surface area contributed by atoms with Crippen molar-refractivity contribution in [1.82, 2.24) is 4.98 Å². The van der Waals surface area contributed by atoms with Crippen LogP contribution >= 0.6 is 11.3 Å². The first-order valence-electron chi connectivity index (χ1n) is 5.84. The summed E-state index contributed by atoms with van der Waals surface area (Å²) in [6.07, 6.45) is 1.05. The van der Waals surface area contributed by atoms with Crippen LogP contribution in [-0.4, -0.2) is 16.1 Å². The van der Waals surface area contributed by atoms with Gasteiger partial charge in [-0.3, -0.25) is 0 Å². The zero-order chi connectivity index (χ0) is 13.1. The first kappa shape index (κ1) is 12.8. The normalized spacial score (nSPS) is 10.8. The van der Waals surface area contributed by atoms with E-state index in [-0.39, 0.29) is 5.69 Å². The summed E-state index contributed by atoms with van der Waals surface area (Å²) in [6, 6.07) is 8.17. The maximum atomic E-state index is 10.8. The van der Waals surface area contributed by atoms with Crippen LogP contribution in [0.15, 0.2) is 29.6 Å². The number of hydrogen-bond donors (Lipinski definition) is 1. The van der Waals surface area contributed by atoms with Crippen molar-refractivity contribution in [3.8, 4) is 10.6 Å². The summed E-state index contributed by atoms with van der Waals surface area (Å²) in [6.45, 7) is 4.38. The minimum atomic E-state index is -0.978. The summed E-state index contributed by atoms with van der Waals surface area (Å²) in [5.74, 6) is -0.344. The molecular formula is C14H15NO2S. The van der Waals surface area contributed by atoms with E-state index in [1.165, 1.54) is 16.9 Å². The Kier molecular flexibility index (Phi) is 3.77. The average Bonchev–Trinajstić information content (AvgIpc) is 2.78. The first-order chi connectivity index (χ1) is 8.56. The van der Waals surface area contributed by atoms with Crippen molar-refractivity contribution in [2.24, 2.45) is 5.92 Å². The molecule has 0 saturated heterocycles. The zero-order valence-electron chi connectivity index (χ0n) is 10.4. The van der Waals surface area contributed by atoms with Gasteiger partial charge in [-0.25, -0.2) is 9.78 Å². The molecule has 0 spiro atoms. The average molecular weight is 261 g/mol. The van der Waals surface area contributed by atoms with Crippen LogP contribution in [0.1, 0.15) is 29.9 Å². The third kappa shape index (κ3) is 2.96. The summed E-state index contributed by atoms with van der Waals surface area (Å²) < 4.78 is 0. The third-order valence-electron chi connectivity index (χ3n) is 2.57. The molecule has 0 saturated carbocycles. The molecule has 4 heteroatoms. The SMILES string of the molecule is CC(C)Cc1ccc(-c2nc(C(=O)O)cs2)cc1. The molecule has 0 radical (unpaired) electrons. The van der Waals surface area contributed by atoms with Gasteiger partial charge in [0.15, 0.2) is 5.69 Å². The summed E-state index contributed by atoms with van der Waals surface area (Å²) in [5, 5.41) is 11.2. The number of thiazole rings is 1. The maximum absolute atomic E-state index is 10.8. The lowest BCUT2D eigenvalue weighted by Gasteiger charge is -2.05. The fourth-order valence-electron chi connectivity index (χ4n) is 1.76. The topological polar surface area (TPSA) is 50.2 Å². The number of carboxylic acid groups (broad SMARTS) is 1. The predicted molar refractivity (Wildman–Crippen MR) is 73.1 cm³/mol. The minimum absolute atomic E-state index is 0.112. The Morgan fingerprint density at radius 1 is 1.33 bits per heavy atom. The second-order valence-corrected chi connectivity index (χ2v) is 5.50. The molecule has 0 amide bonds. The Balaban J connectivity index is 2.20. The van der Waals surface area contributed by atoms with E-state index in [9.17, 15) is 4.79 Å². The Morgan fingerprint density at radius 2 is 2.00 bits per heavy atom. The highest BCUT2D eigenvalue weighted by molar-refractivity contribution is 7.13. The van der Waals surface area contributed by atoms with Gasteiger partial charge in [-0.05, 0) is 17.9 Å². The van der Waals surface area contributed by atoms with E-state index in [1.807, 2.05) is 12.1 Å². The first-order valence-corrected chi connectivity index (χ1v) is 6.72. The van der Waals surface area contributed by atoms with Crippen LogP contribution in [0.25, 0.3) is 10.6 Å². The quantitative estimate of drug-likeness (QED) is 0.912. The van der Waals surface area contributed by atoms with Gasteiger partial charge in [-0.2, -0.15) is 0 Å². The van der Waals surface area contributed by atoms with Crippen molar-refractivity contribution in [2.75, 3.05) is 0 Å². The predicted octanol–water partition coefficient (Wildman–Crippen LogP) is 3.71. The monoisotopic (exact) mass is 261 g/mol. The van der Waals surface area contributed by atoms with Gasteiger partial charge in [0.2, 0.25) is 0 Å². The van der Waals surface area contributed by atoms with Crippen molar-refractivity contribution in [1.29, 1.82) is 0 Å². The molecule has 0 aliphatic carbocycles. The van der Waals surface area contributed by atoms with Crippen molar-refractivity contribution < 1.29 is 9.90 Å². The summed E-state index contributed by atoms with van der Waals surface area (Å²) in [4.78, 5) is 14.9. The Hall–Kier alpha value is -1.68. The van der Waals surface area contributed by atoms with Crippen molar-refractivity contribution >= 4 is 17.3 Å². The molecule has 1 aromatic heterocycles. The lowest BCUT2D eigenvalue weighted by atomic mass is 10.0. The molecule has 2 aromatic rings. The van der Waals surface area contributed by atoms with Gasteiger partial charge in [0, 0.05) is 10.9 Å². The Labute approximate surface area is 110 Å². The summed E-state index contributed by atoms with van der Waals surface area (Å²) >= 11 is 1.36. The Bertz CT molecular complexity index is 543. The second kappa shape index (κ2) is 5.31. The molecule has 0 bridgehead atoms. The molecule has 0 unspecified atom stereocenters. The molecule has 0 aliphatic heterocycles. The van der Waals surface area contributed by atoms with E-state index in [0.717, 1.165) is 17.0 Å². The van der Waals surface area contributed by atoms with Gasteiger partial charge in [-0.1, -0.05) is 38.1 Å². The van der Waals surface area contributed by atoms with E-state index in [2.05, 4.69) is 31.0 Å². The van der Waals surface area contributed by atoms with Crippen LogP contribution in [0, 0.1) is 5.92 Å². The second-order valence-electron chi connectivity index (χ2n) is 4.64. The Morgan fingerprint density at radius 3 is 2.50 bits per heavy atom. The number of rotatable bonds is 4. The highest BCUT2D eigenvalue weighted by Crippen LogP contribution is 2.24. The van der Waals surface area contributed by atoms with E-state index in [1.54, 1.807) is 5.38 Å². The smallest absolute Gasteiger partial charge is 0.355 e. The molecule has 1 heterocycles. The number of carbonyl (C=O) groups is 1. The third-order valence-corrected chi connectivity index (χ3v) is 3.46. The molecular weight excluding hydrogens is 246 g/mol. The molecule has 0 aliphatic rings. The van der Waals surface area contributed by atoms with Crippen LogP contribution in [0.2, 0.25) is 0 Å². The highest BCUT2D eigenvalue weighted by atomic mass is 32.1. The largest absolute Gasteiger partial charge is 0.476 e. The lowest BCUT2D eigenvalue weighted by Crippen LogP contribution is -1.96. The number of benzene rings is 1. The summed E-state index contributed by atoms with van der Waals surface area (Å²) in [5.41, 5.74) is 2.38. The van der Waals surface area contributed by atoms with Crippen LogP contribution in [0.5, 0.6) is 0 Å². The van der Waals surface area contributed by atoms with E-state index >= 15 is 0 Å². The maximum Gasteiger partial charge on any atom is 0.355 e. The molecule has 3 nitrogen and oxygen atoms in total. The van der Waals surface area contributed by atoms with Crippen LogP contribution in [0.3, 0.4) is 0 Å². The molecule has 2 rings (SSSR count). The fourth-order valence-corrected chi connectivity index (χ4v) is 2.56. The van der Waals surface area contributed by atoms with Crippen LogP contribution in [0.4, 0.5) is 0 Å². The summed E-state index contributed by atoms with van der Waals surface area (Å²) in [7, 11) is 0. The number of aromatic carboxylic acids is 1. The number of hydrogen-bond acceptors (Lipinski definition) is 3. The zero-order valence-corrected chi connectivity index (χ0v) is 11.2. The molecule has 1 aromatic carbocycles. The number of nitrogens with zero attached hydrogens (tertiary/aromatic N) is 1. The van der Waals surface area contributed by atoms with Crippen molar-refractivity contribution in [3.05, 3.63) is 40.9 Å². The molecule has 94 valence electrons. The highest BCUT2D eigenvalue weighted by Gasteiger charge is 2.09. The van der Waals surface area contributed by atoms with Gasteiger partial charge in [0.1, 0.15) is 5.01 Å². The van der Waals surface area contributed by atoms with Crippen molar-refractivity contribution in [3.63, 3.8) is 0 Å². The van der Waals surface area contributed by atoms with E-state index in [0.29, 0.717) is 5.92 Å².